The summed E-state index contributed by atoms with van der Waals surface area (Å²) in [6.45, 7) is 14.0. The average molecular weight is 538 g/mol. The molecule has 0 aliphatic carbocycles. The van der Waals surface area contributed by atoms with Crippen molar-refractivity contribution >= 4 is 22.4 Å². The summed E-state index contributed by atoms with van der Waals surface area (Å²) in [7, 11) is 0. The van der Waals surface area contributed by atoms with Crippen LogP contribution in [0, 0.1) is 0 Å². The molecule has 4 rings (SSSR count). The fraction of sp³-hybridized carbons (Fsp3) is 0.367. The van der Waals surface area contributed by atoms with Gasteiger partial charge < -0.3 is 15.0 Å². The molecule has 0 saturated carbocycles. The lowest BCUT2D eigenvalue weighted by atomic mass is 9.86. The third kappa shape index (κ3) is 6.65. The minimum atomic E-state index is -4.51. The van der Waals surface area contributed by atoms with Crippen molar-refractivity contribution in [3.05, 3.63) is 72.2 Å². The number of benzene rings is 2. The van der Waals surface area contributed by atoms with E-state index in [9.17, 15) is 13.2 Å². The van der Waals surface area contributed by atoms with Gasteiger partial charge in [0.2, 0.25) is 0 Å². The van der Waals surface area contributed by atoms with Crippen LogP contribution in [-0.4, -0.2) is 46.1 Å². The first-order valence-corrected chi connectivity index (χ1v) is 13.0. The van der Waals surface area contributed by atoms with E-state index in [0.717, 1.165) is 42.7 Å². The number of halogens is 3. The molecule has 39 heavy (non-hydrogen) atoms. The van der Waals surface area contributed by atoms with Crippen molar-refractivity contribution in [3.63, 3.8) is 0 Å². The molecule has 0 unspecified atom stereocenters. The Kier molecular flexibility index (Phi) is 8.39. The van der Waals surface area contributed by atoms with Crippen molar-refractivity contribution in [3.8, 4) is 17.0 Å². The van der Waals surface area contributed by atoms with Crippen molar-refractivity contribution < 1.29 is 17.9 Å². The van der Waals surface area contributed by atoms with Gasteiger partial charge in [0.05, 0.1) is 16.8 Å². The molecule has 0 radical (unpaired) electrons. The quantitative estimate of drug-likeness (QED) is 0.239. The van der Waals surface area contributed by atoms with Gasteiger partial charge in [-0.1, -0.05) is 46.8 Å². The van der Waals surface area contributed by atoms with Crippen LogP contribution in [0.2, 0.25) is 0 Å². The summed E-state index contributed by atoms with van der Waals surface area (Å²) in [5.74, 6) is 1.34. The van der Waals surface area contributed by atoms with E-state index in [4.69, 9.17) is 4.74 Å². The Morgan fingerprint density at radius 1 is 0.897 bits per heavy atom. The first-order chi connectivity index (χ1) is 18.5. The maximum Gasteiger partial charge on any atom is 0.418 e. The van der Waals surface area contributed by atoms with E-state index in [1.807, 2.05) is 12.1 Å². The summed E-state index contributed by atoms with van der Waals surface area (Å²) in [6, 6.07) is 13.2. The van der Waals surface area contributed by atoms with Gasteiger partial charge in [0.15, 0.2) is 0 Å². The van der Waals surface area contributed by atoms with Gasteiger partial charge in [0.1, 0.15) is 24.5 Å². The lowest BCUT2D eigenvalue weighted by Gasteiger charge is -2.25. The van der Waals surface area contributed by atoms with E-state index in [1.54, 1.807) is 18.2 Å². The molecule has 2 heterocycles. The van der Waals surface area contributed by atoms with Crippen LogP contribution in [0.3, 0.4) is 0 Å². The zero-order valence-electron chi connectivity index (χ0n) is 22.9. The van der Waals surface area contributed by atoms with Crippen LogP contribution in [0.25, 0.3) is 22.2 Å². The minimum Gasteiger partial charge on any atom is -0.492 e. The topological polar surface area (TPSA) is 63.2 Å². The maximum absolute atomic E-state index is 13.6. The second-order valence-electron chi connectivity index (χ2n) is 10.3. The summed E-state index contributed by atoms with van der Waals surface area (Å²) < 4.78 is 46.9. The van der Waals surface area contributed by atoms with Crippen LogP contribution in [0.5, 0.6) is 5.75 Å². The number of nitrogens with zero attached hydrogens (tertiary/aromatic N) is 4. The van der Waals surface area contributed by atoms with Crippen LogP contribution < -0.4 is 10.1 Å². The first-order valence-electron chi connectivity index (χ1n) is 13.0. The number of ether oxygens (including phenoxy) is 1. The zero-order valence-corrected chi connectivity index (χ0v) is 22.9. The van der Waals surface area contributed by atoms with Gasteiger partial charge >= 0.3 is 6.18 Å². The summed E-state index contributed by atoms with van der Waals surface area (Å²) in [6.07, 6.45) is -1.77. The largest absolute Gasteiger partial charge is 0.492 e. The molecule has 0 saturated heterocycles. The molecule has 0 spiro atoms. The molecule has 0 aliphatic heterocycles. The Hall–Kier alpha value is -3.72. The number of fused-ring (bicyclic) bond motifs is 1. The van der Waals surface area contributed by atoms with E-state index >= 15 is 0 Å². The van der Waals surface area contributed by atoms with Crippen molar-refractivity contribution in [2.75, 3.05) is 31.6 Å². The Morgan fingerprint density at radius 2 is 1.67 bits per heavy atom. The molecule has 0 aliphatic rings. The van der Waals surface area contributed by atoms with Crippen LogP contribution in [0.15, 0.2) is 61.1 Å². The van der Waals surface area contributed by atoms with Gasteiger partial charge in [-0.05, 0) is 54.4 Å². The molecule has 2 aromatic carbocycles. The van der Waals surface area contributed by atoms with Crippen LogP contribution >= 0.6 is 0 Å². The number of nitrogens with one attached hydrogen (secondary N) is 1. The number of anilines is 2. The SMILES string of the molecule is CCN(CC)CCOc1cc(Nc2ncnc3cc(-c4ncccc4C(F)(F)F)ccc23)ccc1C(C)(C)C. The number of likely N-dealkylation sites (N-methyl/N-ethyl adjacent to an activating group) is 1. The summed E-state index contributed by atoms with van der Waals surface area (Å²) in [5.41, 5.74) is 1.69. The second-order valence-corrected chi connectivity index (χ2v) is 10.3. The highest BCUT2D eigenvalue weighted by Crippen LogP contribution is 2.38. The summed E-state index contributed by atoms with van der Waals surface area (Å²) in [4.78, 5) is 15.0. The maximum atomic E-state index is 13.6. The molecular formula is C30H34F3N5O. The molecule has 4 aromatic rings. The molecule has 2 aromatic heterocycles. The number of hydrogen-bond donors (Lipinski definition) is 1. The van der Waals surface area contributed by atoms with Gasteiger partial charge in [-0.15, -0.1) is 0 Å². The normalized spacial score (nSPS) is 12.2. The van der Waals surface area contributed by atoms with E-state index < -0.39 is 11.7 Å². The van der Waals surface area contributed by atoms with E-state index in [0.29, 0.717) is 28.9 Å². The summed E-state index contributed by atoms with van der Waals surface area (Å²) >= 11 is 0. The van der Waals surface area contributed by atoms with Gasteiger partial charge in [-0.3, -0.25) is 4.98 Å². The molecule has 0 atom stereocenters. The monoisotopic (exact) mass is 537 g/mol. The van der Waals surface area contributed by atoms with E-state index in [2.05, 4.69) is 65.9 Å². The molecule has 9 heteroatoms. The predicted molar refractivity (Wildman–Crippen MR) is 149 cm³/mol. The van der Waals surface area contributed by atoms with Crippen molar-refractivity contribution in [2.45, 2.75) is 46.2 Å². The first kappa shape index (κ1) is 28.3. The highest BCUT2D eigenvalue weighted by Gasteiger charge is 2.34. The minimum absolute atomic E-state index is 0.109. The standard InChI is InChI=1S/C30H34F3N5O/c1-6-38(7-2)15-16-39-26-18-21(11-13-23(26)29(3,4)5)37-28-22-12-10-20(17-25(22)35-19-36-28)27-24(30(31,32)33)9-8-14-34-27/h8-14,17-19H,6-7,15-16H2,1-5H3,(H,35,36,37). The highest BCUT2D eigenvalue weighted by atomic mass is 19.4. The third-order valence-corrected chi connectivity index (χ3v) is 6.63. The van der Waals surface area contributed by atoms with Crippen LogP contribution in [0.1, 0.15) is 45.7 Å². The Morgan fingerprint density at radius 3 is 2.36 bits per heavy atom. The van der Waals surface area contributed by atoms with Crippen LogP contribution in [-0.2, 0) is 11.6 Å². The number of rotatable bonds is 9. The van der Waals surface area contributed by atoms with Crippen molar-refractivity contribution in [1.29, 1.82) is 0 Å². The van der Waals surface area contributed by atoms with Crippen molar-refractivity contribution in [1.82, 2.24) is 19.9 Å². The molecule has 0 fully saturated rings. The average Bonchev–Trinajstić information content (AvgIpc) is 2.90. The fourth-order valence-corrected chi connectivity index (χ4v) is 4.47. The second kappa shape index (κ2) is 11.6. The van der Waals surface area contributed by atoms with Gasteiger partial charge in [0, 0.05) is 35.4 Å². The third-order valence-electron chi connectivity index (χ3n) is 6.63. The number of alkyl halides is 3. The number of aromatic nitrogens is 3. The van der Waals surface area contributed by atoms with E-state index in [1.165, 1.54) is 18.6 Å². The predicted octanol–water partition coefficient (Wildman–Crippen LogP) is 7.47. The molecule has 1 N–H and O–H groups in total. The molecule has 6 nitrogen and oxygen atoms in total. The molecule has 0 amide bonds. The van der Waals surface area contributed by atoms with E-state index in [-0.39, 0.29) is 11.1 Å². The smallest absolute Gasteiger partial charge is 0.418 e. The number of pyridine rings is 1. The van der Waals surface area contributed by atoms with Crippen LogP contribution in [0.4, 0.5) is 24.7 Å². The lowest BCUT2D eigenvalue weighted by Crippen LogP contribution is -2.28. The Bertz CT molecular complexity index is 1430. The fourth-order valence-electron chi connectivity index (χ4n) is 4.47. The Balaban J connectivity index is 1.65. The molecular weight excluding hydrogens is 503 g/mol. The zero-order chi connectivity index (χ0) is 28.2. The number of hydrogen-bond acceptors (Lipinski definition) is 6. The summed E-state index contributed by atoms with van der Waals surface area (Å²) in [5, 5.41) is 4.02. The molecule has 206 valence electrons. The highest BCUT2D eigenvalue weighted by molar-refractivity contribution is 5.93. The Labute approximate surface area is 227 Å². The van der Waals surface area contributed by atoms with Gasteiger partial charge in [0.25, 0.3) is 0 Å². The lowest BCUT2D eigenvalue weighted by molar-refractivity contribution is -0.137. The van der Waals surface area contributed by atoms with Crippen molar-refractivity contribution in [2.24, 2.45) is 0 Å². The van der Waals surface area contributed by atoms with Gasteiger partial charge in [-0.25, -0.2) is 9.97 Å². The van der Waals surface area contributed by atoms with Gasteiger partial charge in [-0.2, -0.15) is 13.2 Å². The molecule has 0 bridgehead atoms.